The van der Waals surface area contributed by atoms with Gasteiger partial charge in [-0.3, -0.25) is 5.73 Å². The van der Waals surface area contributed by atoms with Crippen LogP contribution in [0.4, 0.5) is 11.6 Å². The van der Waals surface area contributed by atoms with E-state index < -0.39 is 0 Å². The van der Waals surface area contributed by atoms with Crippen molar-refractivity contribution in [2.75, 3.05) is 18.1 Å². The first-order valence-corrected chi connectivity index (χ1v) is 2.78. The molecule has 0 fully saturated rings. The summed E-state index contributed by atoms with van der Waals surface area (Å²) in [6, 6.07) is 3.12. The third-order valence-electron chi connectivity index (χ3n) is 1.09. The zero-order chi connectivity index (χ0) is 7.56. The molecule has 54 valence electrons. The van der Waals surface area contributed by atoms with Gasteiger partial charge >= 0.3 is 0 Å². The second-order valence-electron chi connectivity index (χ2n) is 1.77. The lowest BCUT2D eigenvalue weighted by molar-refractivity contribution is -0.653. The van der Waals surface area contributed by atoms with Gasteiger partial charge in [-0.2, -0.15) is 0 Å². The molecule has 0 radical (unpaired) electrons. The minimum absolute atomic E-state index is 0.0963. The van der Waals surface area contributed by atoms with Gasteiger partial charge in [-0.05, 0) is 6.07 Å². The van der Waals surface area contributed by atoms with E-state index in [9.17, 15) is 5.21 Å². The van der Waals surface area contributed by atoms with E-state index in [1.165, 1.54) is 6.07 Å². The summed E-state index contributed by atoms with van der Waals surface area (Å²) in [6.45, 7) is 0. The summed E-state index contributed by atoms with van der Waals surface area (Å²) < 4.78 is 0. The molecule has 0 unspecified atom stereocenters. The molecule has 5 nitrogen and oxygen atoms in total. The monoisotopic (exact) mass is 140 g/mol. The van der Waals surface area contributed by atoms with Gasteiger partial charge in [0.05, 0.1) is 0 Å². The fourth-order valence-corrected chi connectivity index (χ4v) is 0.550. The number of hydrogen-bond acceptors (Lipinski definition) is 4. The van der Waals surface area contributed by atoms with Crippen molar-refractivity contribution in [2.24, 2.45) is 0 Å². The second-order valence-corrected chi connectivity index (χ2v) is 1.77. The summed E-state index contributed by atoms with van der Waals surface area (Å²) in [5.74, 6) is 0.600. The molecule has 0 aliphatic rings. The van der Waals surface area contributed by atoms with Crippen LogP contribution in [0.5, 0.6) is 0 Å². The van der Waals surface area contributed by atoms with Crippen LogP contribution in [0.15, 0.2) is 12.1 Å². The Kier molecular flexibility index (Phi) is 1.57. The third-order valence-corrected chi connectivity index (χ3v) is 1.09. The Morgan fingerprint density at radius 2 is 2.40 bits per heavy atom. The van der Waals surface area contributed by atoms with E-state index in [4.69, 9.17) is 5.73 Å². The van der Waals surface area contributed by atoms with Crippen LogP contribution >= 0.6 is 0 Å². The van der Waals surface area contributed by atoms with E-state index in [0.29, 0.717) is 10.7 Å². The third kappa shape index (κ3) is 1.07. The Hall–Kier alpha value is -1.52. The molecule has 3 N–H and O–H groups in total. The highest BCUT2D eigenvalue weighted by Gasteiger charge is 1.97. The molecular weight excluding hydrogens is 132 g/mol. The van der Waals surface area contributed by atoms with E-state index in [1.807, 2.05) is 0 Å². The largest absolute Gasteiger partial charge is 0.691 e. The highest BCUT2D eigenvalue weighted by Crippen LogP contribution is 1.98. The molecule has 1 rings (SSSR count). The summed E-state index contributed by atoms with van der Waals surface area (Å²) in [4.78, 5) is 0.367. The van der Waals surface area contributed by atoms with Gasteiger partial charge < -0.3 is 10.5 Å². The van der Waals surface area contributed by atoms with Crippen molar-refractivity contribution >= 4 is 11.6 Å². The molecule has 0 aliphatic heterocycles. The molecule has 10 heavy (non-hydrogen) atoms. The van der Waals surface area contributed by atoms with Crippen molar-refractivity contribution in [2.45, 2.75) is 0 Å². The first kappa shape index (κ1) is 6.60. The number of aromatic nitrogens is 2. The fourth-order valence-electron chi connectivity index (χ4n) is 0.550. The molecular formula is C5H8N4O. The van der Waals surface area contributed by atoms with Crippen LogP contribution in [-0.2, 0) is 0 Å². The summed E-state index contributed by atoms with van der Waals surface area (Å²) in [5, 5.41) is 16.9. The summed E-state index contributed by atoms with van der Waals surface area (Å²) >= 11 is 0. The van der Waals surface area contributed by atoms with Gasteiger partial charge in [-0.15, -0.1) is 4.85 Å². The SMILES string of the molecule is CNc1ccc(N)[n+]([O-])n1. The van der Waals surface area contributed by atoms with Crippen LogP contribution < -0.4 is 15.9 Å². The number of anilines is 2. The summed E-state index contributed by atoms with van der Waals surface area (Å²) in [5.41, 5.74) is 5.20. The highest BCUT2D eigenvalue weighted by atomic mass is 16.5. The maximum absolute atomic E-state index is 10.6. The van der Waals surface area contributed by atoms with Gasteiger partial charge in [0.25, 0.3) is 5.82 Å². The Labute approximate surface area is 58.1 Å². The lowest BCUT2D eigenvalue weighted by atomic mass is 10.5. The highest BCUT2D eigenvalue weighted by molar-refractivity contribution is 5.34. The molecule has 0 bridgehead atoms. The molecule has 1 aromatic heterocycles. The normalized spacial score (nSPS) is 9.30. The van der Waals surface area contributed by atoms with E-state index in [-0.39, 0.29) is 5.82 Å². The van der Waals surface area contributed by atoms with Crippen LogP contribution in [0.1, 0.15) is 0 Å². The summed E-state index contributed by atoms with van der Waals surface area (Å²) in [7, 11) is 1.68. The number of nitrogens with one attached hydrogen (secondary N) is 1. The van der Waals surface area contributed by atoms with E-state index in [1.54, 1.807) is 13.1 Å². The van der Waals surface area contributed by atoms with Crippen molar-refractivity contribution in [3.8, 4) is 0 Å². The first-order valence-electron chi connectivity index (χ1n) is 2.78. The van der Waals surface area contributed by atoms with Crippen LogP contribution in [-0.4, -0.2) is 12.1 Å². The van der Waals surface area contributed by atoms with Gasteiger partial charge in [-0.25, -0.2) is 0 Å². The number of nitrogens with zero attached hydrogens (tertiary/aromatic N) is 2. The molecule has 0 aliphatic carbocycles. The van der Waals surface area contributed by atoms with Gasteiger partial charge in [0.15, 0.2) is 5.82 Å². The Bertz CT molecular complexity index is 237. The molecule has 1 heterocycles. The maximum atomic E-state index is 10.6. The zero-order valence-corrected chi connectivity index (χ0v) is 5.53. The molecule has 0 amide bonds. The topological polar surface area (TPSA) is 77.9 Å². The van der Waals surface area contributed by atoms with Crippen molar-refractivity contribution in [1.82, 2.24) is 5.10 Å². The van der Waals surface area contributed by atoms with Gasteiger partial charge in [0.2, 0.25) is 0 Å². The molecule has 5 heteroatoms. The van der Waals surface area contributed by atoms with E-state index in [2.05, 4.69) is 10.4 Å². The average Bonchev–Trinajstić information content (AvgIpc) is 1.95. The van der Waals surface area contributed by atoms with Gasteiger partial charge in [0, 0.05) is 13.1 Å². The van der Waals surface area contributed by atoms with E-state index in [0.717, 1.165) is 0 Å². The maximum Gasteiger partial charge on any atom is 0.296 e. The smallest absolute Gasteiger partial charge is 0.296 e. The molecule has 0 aromatic carbocycles. The van der Waals surface area contributed by atoms with Crippen molar-refractivity contribution in [1.29, 1.82) is 0 Å². The molecule has 1 aromatic rings. The minimum atomic E-state index is 0.0963. The van der Waals surface area contributed by atoms with Crippen molar-refractivity contribution < 1.29 is 4.85 Å². The predicted molar refractivity (Wildman–Crippen MR) is 37.2 cm³/mol. The number of rotatable bonds is 1. The quantitative estimate of drug-likeness (QED) is 0.401. The van der Waals surface area contributed by atoms with Crippen molar-refractivity contribution in [3.63, 3.8) is 0 Å². The van der Waals surface area contributed by atoms with Crippen LogP contribution in [0.3, 0.4) is 0 Å². The van der Waals surface area contributed by atoms with Gasteiger partial charge in [0.1, 0.15) is 0 Å². The predicted octanol–water partition coefficient (Wildman–Crippen LogP) is -0.661. The average molecular weight is 140 g/mol. The number of nitrogens with two attached hydrogens (primary N) is 1. The lowest BCUT2D eigenvalue weighted by Crippen LogP contribution is -2.35. The Morgan fingerprint density at radius 1 is 1.70 bits per heavy atom. The molecule has 0 saturated carbocycles. The van der Waals surface area contributed by atoms with Crippen LogP contribution in [0.2, 0.25) is 0 Å². The molecule has 0 spiro atoms. The minimum Gasteiger partial charge on any atom is -0.691 e. The van der Waals surface area contributed by atoms with Crippen LogP contribution in [0, 0.1) is 5.21 Å². The van der Waals surface area contributed by atoms with Crippen molar-refractivity contribution in [3.05, 3.63) is 17.3 Å². The fraction of sp³-hybridized carbons (Fsp3) is 0.200. The Morgan fingerprint density at radius 3 is 2.90 bits per heavy atom. The number of nitrogen functional groups attached to an aromatic ring is 1. The standard InChI is InChI=1S/C5H8N4O/c1-7-5-3-2-4(6)9(10)8-5/h2-3H,6H2,1H3,(H,7,8). The molecule has 0 atom stereocenters. The number of hydrogen-bond donors (Lipinski definition) is 2. The zero-order valence-electron chi connectivity index (χ0n) is 5.53. The first-order chi connectivity index (χ1) is 4.74. The van der Waals surface area contributed by atoms with Gasteiger partial charge in [-0.1, -0.05) is 5.10 Å². The Balaban J connectivity index is 3.04. The second kappa shape index (κ2) is 2.38. The van der Waals surface area contributed by atoms with Crippen LogP contribution in [0.25, 0.3) is 0 Å². The molecule has 0 saturated heterocycles. The van der Waals surface area contributed by atoms with E-state index >= 15 is 0 Å². The summed E-state index contributed by atoms with van der Waals surface area (Å²) in [6.07, 6.45) is 0. The lowest BCUT2D eigenvalue weighted by Gasteiger charge is -2.02.